The number of nitrogens with zero attached hydrogens (tertiary/aromatic N) is 3. The minimum atomic E-state index is -0.0379. The van der Waals surface area contributed by atoms with E-state index in [0.29, 0.717) is 16.7 Å². The topological polar surface area (TPSA) is 47.2 Å². The van der Waals surface area contributed by atoms with E-state index < -0.39 is 0 Å². The monoisotopic (exact) mass is 283 g/mol. The molecule has 20 heavy (non-hydrogen) atoms. The van der Waals surface area contributed by atoms with Crippen LogP contribution in [0.25, 0.3) is 10.2 Å². The van der Waals surface area contributed by atoms with Crippen molar-refractivity contribution in [1.29, 1.82) is 0 Å². The van der Waals surface area contributed by atoms with Gasteiger partial charge in [0.25, 0.3) is 5.56 Å². The Labute approximate surface area is 119 Å². The number of para-hydroxylation sites is 1. The number of aromatic nitrogens is 2. The number of hydrogen-bond donors (Lipinski definition) is 0. The lowest BCUT2D eigenvalue weighted by molar-refractivity contribution is 0.708. The van der Waals surface area contributed by atoms with Crippen molar-refractivity contribution >= 4 is 27.2 Å². The van der Waals surface area contributed by atoms with E-state index in [2.05, 4.69) is 9.98 Å². The first-order valence-electron chi connectivity index (χ1n) is 6.38. The zero-order chi connectivity index (χ0) is 13.9. The largest absolute Gasteiger partial charge is 0.284 e. The van der Waals surface area contributed by atoms with Gasteiger partial charge in [0.2, 0.25) is 0 Å². The van der Waals surface area contributed by atoms with Gasteiger partial charge in [-0.3, -0.25) is 9.36 Å². The molecule has 0 aliphatic rings. The van der Waals surface area contributed by atoms with Gasteiger partial charge in [-0.1, -0.05) is 29.5 Å². The van der Waals surface area contributed by atoms with Gasteiger partial charge in [0.15, 0.2) is 4.80 Å². The van der Waals surface area contributed by atoms with Crippen LogP contribution < -0.4 is 10.4 Å². The lowest BCUT2D eigenvalue weighted by atomic mass is 10.3. The lowest BCUT2D eigenvalue weighted by Gasteiger charge is -2.04. The second-order valence-electron chi connectivity index (χ2n) is 4.24. The minimum absolute atomic E-state index is 0.0379. The van der Waals surface area contributed by atoms with Gasteiger partial charge in [0, 0.05) is 12.7 Å². The molecule has 5 heteroatoms. The highest BCUT2D eigenvalue weighted by Crippen LogP contribution is 2.11. The second-order valence-corrected chi connectivity index (χ2v) is 5.19. The molecule has 0 fully saturated rings. The van der Waals surface area contributed by atoms with Gasteiger partial charge in [0.05, 0.1) is 11.1 Å². The molecule has 100 valence electrons. The molecule has 0 aliphatic carbocycles. The minimum Gasteiger partial charge on any atom is -0.284 e. The Morgan fingerprint density at radius 1 is 1.20 bits per heavy atom. The van der Waals surface area contributed by atoms with Crippen LogP contribution >= 0.6 is 11.3 Å². The zero-order valence-corrected chi connectivity index (χ0v) is 11.8. The Morgan fingerprint density at radius 2 is 2.00 bits per heavy atom. The summed E-state index contributed by atoms with van der Waals surface area (Å²) in [6.45, 7) is 2.53. The smallest absolute Gasteiger partial charge is 0.263 e. The van der Waals surface area contributed by atoms with Crippen molar-refractivity contribution in [3.8, 4) is 0 Å². The van der Waals surface area contributed by atoms with E-state index in [0.717, 1.165) is 10.5 Å². The van der Waals surface area contributed by atoms with Crippen LogP contribution in [0.2, 0.25) is 0 Å². The molecule has 0 atom stereocenters. The van der Waals surface area contributed by atoms with Crippen LogP contribution in [-0.2, 0) is 6.54 Å². The molecule has 0 radical (unpaired) electrons. The number of pyridine rings is 1. The van der Waals surface area contributed by atoms with Crippen LogP contribution in [0.5, 0.6) is 0 Å². The number of fused-ring (bicyclic) bond motifs is 1. The van der Waals surface area contributed by atoms with Crippen LogP contribution in [0.4, 0.5) is 5.69 Å². The zero-order valence-electron chi connectivity index (χ0n) is 11.0. The first-order chi connectivity index (χ1) is 9.79. The fourth-order valence-corrected chi connectivity index (χ4v) is 3.01. The molecule has 0 saturated carbocycles. The van der Waals surface area contributed by atoms with Crippen LogP contribution in [0.1, 0.15) is 6.92 Å². The predicted octanol–water partition coefficient (Wildman–Crippen LogP) is 2.71. The van der Waals surface area contributed by atoms with Gasteiger partial charge in [-0.25, -0.2) is 9.98 Å². The van der Waals surface area contributed by atoms with E-state index in [4.69, 9.17) is 0 Å². The highest BCUT2D eigenvalue weighted by molar-refractivity contribution is 7.15. The Kier molecular flexibility index (Phi) is 3.43. The third kappa shape index (κ3) is 2.28. The SMILES string of the molecule is CCn1c(=Nc2ccccc2)sc2ncccc2c1=O. The Hall–Kier alpha value is -2.27. The van der Waals surface area contributed by atoms with Gasteiger partial charge in [-0.2, -0.15) is 0 Å². The van der Waals surface area contributed by atoms with Crippen LogP contribution in [0, 0.1) is 0 Å². The van der Waals surface area contributed by atoms with Crippen LogP contribution in [0.3, 0.4) is 0 Å². The fourth-order valence-electron chi connectivity index (χ4n) is 1.98. The standard InChI is InChI=1S/C15H13N3OS/c1-2-18-14(19)12-9-6-10-16-13(12)20-15(18)17-11-7-4-3-5-8-11/h3-10H,2H2,1H3. The first kappa shape index (κ1) is 12.7. The molecular formula is C15H13N3OS. The quantitative estimate of drug-likeness (QED) is 0.726. The third-order valence-electron chi connectivity index (χ3n) is 2.96. The molecule has 2 heterocycles. The predicted molar refractivity (Wildman–Crippen MR) is 81.2 cm³/mol. The summed E-state index contributed by atoms with van der Waals surface area (Å²) in [6, 6.07) is 13.2. The average molecular weight is 283 g/mol. The van der Waals surface area contributed by atoms with Crippen molar-refractivity contribution in [2.45, 2.75) is 13.5 Å². The molecular weight excluding hydrogens is 270 g/mol. The number of hydrogen-bond acceptors (Lipinski definition) is 4. The maximum absolute atomic E-state index is 12.4. The average Bonchev–Trinajstić information content (AvgIpc) is 2.49. The van der Waals surface area contributed by atoms with Crippen LogP contribution in [-0.4, -0.2) is 9.55 Å². The van der Waals surface area contributed by atoms with E-state index in [1.54, 1.807) is 22.9 Å². The van der Waals surface area contributed by atoms with E-state index in [1.807, 2.05) is 37.3 Å². The second kappa shape index (κ2) is 5.38. The van der Waals surface area contributed by atoms with Gasteiger partial charge >= 0.3 is 0 Å². The summed E-state index contributed by atoms with van der Waals surface area (Å²) < 4.78 is 1.68. The van der Waals surface area contributed by atoms with Gasteiger partial charge < -0.3 is 0 Å². The summed E-state index contributed by atoms with van der Waals surface area (Å²) in [5.41, 5.74) is 0.796. The van der Waals surface area contributed by atoms with E-state index in [1.165, 1.54) is 11.3 Å². The van der Waals surface area contributed by atoms with Crippen molar-refractivity contribution in [2.24, 2.45) is 4.99 Å². The van der Waals surface area contributed by atoms with Crippen molar-refractivity contribution in [3.63, 3.8) is 0 Å². The van der Waals surface area contributed by atoms with E-state index in [9.17, 15) is 4.79 Å². The molecule has 4 nitrogen and oxygen atoms in total. The molecule has 0 bridgehead atoms. The van der Waals surface area contributed by atoms with Crippen molar-refractivity contribution in [3.05, 3.63) is 63.8 Å². The molecule has 3 rings (SSSR count). The maximum Gasteiger partial charge on any atom is 0.263 e. The van der Waals surface area contributed by atoms with E-state index >= 15 is 0 Å². The van der Waals surface area contributed by atoms with Crippen molar-refractivity contribution < 1.29 is 0 Å². The summed E-state index contributed by atoms with van der Waals surface area (Å²) >= 11 is 1.43. The van der Waals surface area contributed by atoms with Gasteiger partial charge in [-0.05, 0) is 31.2 Å². The van der Waals surface area contributed by atoms with Crippen molar-refractivity contribution in [2.75, 3.05) is 0 Å². The molecule has 0 N–H and O–H groups in total. The molecule has 0 amide bonds. The summed E-state index contributed by atoms with van der Waals surface area (Å²) in [6.07, 6.45) is 1.70. The highest BCUT2D eigenvalue weighted by atomic mass is 32.1. The molecule has 0 aliphatic heterocycles. The summed E-state index contributed by atoms with van der Waals surface area (Å²) in [5, 5.41) is 0.645. The van der Waals surface area contributed by atoms with Crippen molar-refractivity contribution in [1.82, 2.24) is 9.55 Å². The number of rotatable bonds is 2. The third-order valence-corrected chi connectivity index (χ3v) is 3.98. The maximum atomic E-state index is 12.4. The Morgan fingerprint density at radius 3 is 2.75 bits per heavy atom. The summed E-state index contributed by atoms with van der Waals surface area (Å²) in [5.74, 6) is 0. The molecule has 2 aromatic heterocycles. The molecule has 0 saturated heterocycles. The first-order valence-corrected chi connectivity index (χ1v) is 7.19. The molecule has 0 unspecified atom stereocenters. The Balaban J connectivity index is 2.36. The van der Waals surface area contributed by atoms with Gasteiger partial charge in [0.1, 0.15) is 4.83 Å². The van der Waals surface area contributed by atoms with Crippen LogP contribution in [0.15, 0.2) is 58.4 Å². The van der Waals surface area contributed by atoms with Gasteiger partial charge in [-0.15, -0.1) is 0 Å². The fraction of sp³-hybridized carbons (Fsp3) is 0.133. The highest BCUT2D eigenvalue weighted by Gasteiger charge is 2.06. The molecule has 3 aromatic rings. The Bertz CT molecular complexity index is 865. The normalized spacial score (nSPS) is 11.9. The lowest BCUT2D eigenvalue weighted by Crippen LogP contribution is -2.31. The number of benzene rings is 1. The molecule has 0 spiro atoms. The molecule has 1 aromatic carbocycles. The van der Waals surface area contributed by atoms with E-state index in [-0.39, 0.29) is 5.56 Å². The summed E-state index contributed by atoms with van der Waals surface area (Å²) in [7, 11) is 0. The summed E-state index contributed by atoms with van der Waals surface area (Å²) in [4.78, 5) is 22.7.